The van der Waals surface area contributed by atoms with Crippen LogP contribution in [0.5, 0.6) is 0 Å². The Kier molecular flexibility index (Phi) is 7.50. The van der Waals surface area contributed by atoms with Crippen molar-refractivity contribution in [2.45, 2.75) is 30.6 Å². The third-order valence-corrected chi connectivity index (χ3v) is 7.46. The first-order valence-corrected chi connectivity index (χ1v) is 12.5. The summed E-state index contributed by atoms with van der Waals surface area (Å²) in [5.41, 5.74) is 2.20. The monoisotopic (exact) mass is 474 g/mol. The number of benzene rings is 1. The molecule has 2 aliphatic rings. The molecule has 2 fully saturated rings. The van der Waals surface area contributed by atoms with Crippen LogP contribution in [0.15, 0.2) is 35.2 Å². The fraction of sp³-hybridized carbons (Fsp3) is 0.478. The zero-order valence-corrected chi connectivity index (χ0v) is 19.9. The average Bonchev–Trinajstić information content (AvgIpc) is 3.48. The maximum atomic E-state index is 14.7. The molecule has 1 saturated carbocycles. The van der Waals surface area contributed by atoms with Crippen LogP contribution < -0.4 is 0 Å². The number of likely N-dealkylation sites (tertiary alicyclic amines) is 1. The van der Waals surface area contributed by atoms with Crippen LogP contribution in [0.2, 0.25) is 0 Å². The first-order valence-electron chi connectivity index (χ1n) is 10.8. The van der Waals surface area contributed by atoms with Gasteiger partial charge in [0.25, 0.3) is 0 Å². The van der Waals surface area contributed by atoms with E-state index in [0.717, 1.165) is 24.1 Å². The van der Waals surface area contributed by atoms with Gasteiger partial charge in [-0.15, -0.1) is 5.10 Å². The molecule has 9 heteroatoms. The lowest BCUT2D eigenvalue weighted by Crippen LogP contribution is -2.43. The molecule has 4 rings (SSSR count). The van der Waals surface area contributed by atoms with Crippen molar-refractivity contribution >= 4 is 40.3 Å². The smallest absolute Gasteiger partial charge is 0.203 e. The number of rotatable bonds is 8. The van der Waals surface area contributed by atoms with E-state index in [4.69, 9.17) is 0 Å². The van der Waals surface area contributed by atoms with Crippen molar-refractivity contribution in [2.24, 2.45) is 5.92 Å². The van der Waals surface area contributed by atoms with Crippen LogP contribution in [0.1, 0.15) is 36.6 Å². The first-order chi connectivity index (χ1) is 15.4. The molecule has 2 aromatic rings. The van der Waals surface area contributed by atoms with Crippen molar-refractivity contribution in [2.75, 3.05) is 33.7 Å². The van der Waals surface area contributed by atoms with E-state index >= 15 is 0 Å². The highest BCUT2D eigenvalue weighted by Gasteiger charge is 2.41. The molecule has 2 atom stereocenters. The topological polar surface area (TPSA) is 66.4 Å². The third kappa shape index (κ3) is 5.70. The molecule has 1 aromatic heterocycles. The Morgan fingerprint density at radius 2 is 2.09 bits per heavy atom. The van der Waals surface area contributed by atoms with E-state index < -0.39 is 6.04 Å². The van der Waals surface area contributed by atoms with Gasteiger partial charge in [-0.2, -0.15) is 0 Å². The second-order valence-corrected chi connectivity index (χ2v) is 10.5. The molecule has 1 aliphatic heterocycles. The van der Waals surface area contributed by atoms with E-state index in [1.807, 2.05) is 30.5 Å². The summed E-state index contributed by atoms with van der Waals surface area (Å²) in [6.07, 6.45) is 4.43. The summed E-state index contributed by atoms with van der Waals surface area (Å²) in [6, 6.07) is 5.96. The van der Waals surface area contributed by atoms with E-state index in [-0.39, 0.29) is 27.9 Å². The number of nitrogens with zero attached hydrogens (tertiary/aromatic N) is 4. The van der Waals surface area contributed by atoms with Gasteiger partial charge in [0, 0.05) is 35.2 Å². The molecule has 1 aromatic carbocycles. The predicted molar refractivity (Wildman–Crippen MR) is 126 cm³/mol. The van der Waals surface area contributed by atoms with E-state index in [1.165, 1.54) is 29.4 Å². The molecule has 32 heavy (non-hydrogen) atoms. The summed E-state index contributed by atoms with van der Waals surface area (Å²) in [7, 11) is 3.75. The number of carbonyl (C=O) groups is 2. The van der Waals surface area contributed by atoms with Crippen molar-refractivity contribution in [1.29, 1.82) is 0 Å². The van der Waals surface area contributed by atoms with Crippen LogP contribution in [0.3, 0.4) is 0 Å². The number of Topliss-reactive ketones (excluding diaryl/α,β-unsaturated/α-hetero) is 1. The second kappa shape index (κ2) is 10.3. The zero-order valence-electron chi connectivity index (χ0n) is 18.2. The van der Waals surface area contributed by atoms with Crippen molar-refractivity contribution in [3.63, 3.8) is 0 Å². The number of hydrogen-bond donors (Lipinski definition) is 0. The number of likely N-dealkylation sites (N-methyl/N-ethyl adjacent to an activating group) is 1. The summed E-state index contributed by atoms with van der Waals surface area (Å²) in [4.78, 5) is 29.7. The molecule has 1 saturated heterocycles. The molecule has 6 nitrogen and oxygen atoms in total. The van der Waals surface area contributed by atoms with Crippen LogP contribution in [-0.4, -0.2) is 69.3 Å². The molecular weight excluding hydrogens is 447 g/mol. The third-order valence-electron chi connectivity index (χ3n) is 5.72. The Balaban J connectivity index is 1.61. The highest BCUT2D eigenvalue weighted by molar-refractivity contribution is 8.14. The fourth-order valence-electron chi connectivity index (χ4n) is 4.07. The highest BCUT2D eigenvalue weighted by atomic mass is 32.2. The predicted octanol–water partition coefficient (Wildman–Crippen LogP) is 3.68. The molecule has 1 aliphatic carbocycles. The van der Waals surface area contributed by atoms with Gasteiger partial charge in [-0.25, -0.2) is 4.39 Å². The molecule has 0 N–H and O–H groups in total. The van der Waals surface area contributed by atoms with Crippen molar-refractivity contribution in [1.82, 2.24) is 19.4 Å². The Hall–Kier alpha value is -1.94. The number of hydrogen-bond acceptors (Lipinski definition) is 8. The summed E-state index contributed by atoms with van der Waals surface area (Å²) in [5.74, 6) is -0.235. The number of ketones is 1. The quantitative estimate of drug-likeness (QED) is 0.578. The highest BCUT2D eigenvalue weighted by Crippen LogP contribution is 2.40. The van der Waals surface area contributed by atoms with E-state index in [9.17, 15) is 14.0 Å². The van der Waals surface area contributed by atoms with E-state index in [1.54, 1.807) is 18.2 Å². The van der Waals surface area contributed by atoms with Gasteiger partial charge in [-0.3, -0.25) is 14.5 Å². The van der Waals surface area contributed by atoms with Gasteiger partial charge in [0.2, 0.25) is 5.12 Å². The first kappa shape index (κ1) is 23.2. The van der Waals surface area contributed by atoms with Gasteiger partial charge in [0.15, 0.2) is 5.78 Å². The lowest BCUT2D eigenvalue weighted by molar-refractivity contribution is -0.126. The maximum Gasteiger partial charge on any atom is 0.203 e. The number of carbonyl (C=O) groups excluding carboxylic acids is 2. The molecule has 2 unspecified atom stereocenters. The summed E-state index contributed by atoms with van der Waals surface area (Å²) in [6.45, 7) is 1.48. The van der Waals surface area contributed by atoms with Gasteiger partial charge >= 0.3 is 0 Å². The SMILES string of the molecule is CN(C)CC(=O)SC1CCN(C(C(=O)C2CC2)c2ccccc2F)C/C1=C/c1csnn1. The van der Waals surface area contributed by atoms with Crippen molar-refractivity contribution in [3.8, 4) is 0 Å². The van der Waals surface area contributed by atoms with Crippen LogP contribution in [-0.2, 0) is 9.59 Å². The van der Waals surface area contributed by atoms with Crippen LogP contribution in [0.4, 0.5) is 4.39 Å². The Bertz CT molecular complexity index is 992. The van der Waals surface area contributed by atoms with Crippen molar-refractivity contribution in [3.05, 3.63) is 52.3 Å². The minimum atomic E-state index is -0.607. The standard InChI is InChI=1S/C23H27FN4O2S2/c1-27(2)13-21(29)32-20-9-10-28(12-16(20)11-17-14-31-26-25-17)22(23(30)15-7-8-15)18-5-3-4-6-19(18)24/h3-6,11,14-15,20,22H,7-10,12-13H2,1-2H3/b16-11-. The van der Waals surface area contributed by atoms with Gasteiger partial charge in [0.05, 0.1) is 18.3 Å². The Labute approximate surface area is 196 Å². The molecule has 0 radical (unpaired) electrons. The van der Waals surface area contributed by atoms with E-state index in [0.29, 0.717) is 31.6 Å². The molecular formula is C23H27FN4O2S2. The Morgan fingerprint density at radius 1 is 1.31 bits per heavy atom. The maximum absolute atomic E-state index is 14.7. The van der Waals surface area contributed by atoms with Gasteiger partial charge in [-0.1, -0.05) is 34.4 Å². The lowest BCUT2D eigenvalue weighted by atomic mass is 9.93. The molecule has 2 heterocycles. The lowest BCUT2D eigenvalue weighted by Gasteiger charge is -2.38. The number of halogens is 1. The minimum Gasteiger partial charge on any atom is -0.302 e. The van der Waals surface area contributed by atoms with E-state index in [2.05, 4.69) is 14.5 Å². The Morgan fingerprint density at radius 3 is 2.75 bits per heavy atom. The fourth-order valence-corrected chi connectivity index (χ4v) is 5.65. The molecule has 0 spiro atoms. The number of thioether (sulfide) groups is 1. The minimum absolute atomic E-state index is 0.00213. The van der Waals surface area contributed by atoms with Crippen molar-refractivity contribution < 1.29 is 14.0 Å². The second-order valence-electron chi connectivity index (χ2n) is 8.63. The molecule has 0 amide bonds. The number of aromatic nitrogens is 2. The zero-order chi connectivity index (χ0) is 22.7. The molecule has 0 bridgehead atoms. The summed E-state index contributed by atoms with van der Waals surface area (Å²) < 4.78 is 18.7. The summed E-state index contributed by atoms with van der Waals surface area (Å²) >= 11 is 2.61. The summed E-state index contributed by atoms with van der Waals surface area (Å²) in [5, 5.41) is 6.10. The van der Waals surface area contributed by atoms with Gasteiger partial charge in [-0.05, 0) is 62.6 Å². The normalized spacial score (nSPS) is 21.8. The van der Waals surface area contributed by atoms with Crippen LogP contribution in [0.25, 0.3) is 6.08 Å². The van der Waals surface area contributed by atoms with Crippen LogP contribution in [0, 0.1) is 11.7 Å². The number of piperidine rings is 1. The van der Waals surface area contributed by atoms with Gasteiger partial charge in [0.1, 0.15) is 5.82 Å². The largest absolute Gasteiger partial charge is 0.302 e. The van der Waals surface area contributed by atoms with Gasteiger partial charge < -0.3 is 4.90 Å². The molecule has 170 valence electrons. The van der Waals surface area contributed by atoms with Crippen LogP contribution >= 0.6 is 23.3 Å². The average molecular weight is 475 g/mol.